The molecule has 2 amide bonds. The van der Waals surface area contributed by atoms with Crippen LogP contribution in [0.2, 0.25) is 0 Å². The van der Waals surface area contributed by atoms with Gasteiger partial charge in [-0.15, -0.1) is 0 Å². The molecule has 2 aliphatic heterocycles. The van der Waals surface area contributed by atoms with E-state index in [-0.39, 0.29) is 18.2 Å². The number of fused-ring (bicyclic) bond motifs is 1. The largest absolute Gasteiger partial charge is 0.486 e. The molecule has 0 atom stereocenters. The number of urea groups is 1. The van der Waals surface area contributed by atoms with E-state index in [0.29, 0.717) is 50.3 Å². The Morgan fingerprint density at radius 3 is 2.58 bits per heavy atom. The van der Waals surface area contributed by atoms with Crippen molar-refractivity contribution in [2.24, 2.45) is 0 Å². The lowest BCUT2D eigenvalue weighted by Gasteiger charge is -2.44. The number of carbonyl (C=O) groups is 2. The monoisotopic (exact) mass is 334 g/mol. The van der Waals surface area contributed by atoms with Gasteiger partial charge in [-0.2, -0.15) is 0 Å². The zero-order chi connectivity index (χ0) is 17.3. The highest BCUT2D eigenvalue weighted by Gasteiger charge is 2.44. The summed E-state index contributed by atoms with van der Waals surface area (Å²) in [6, 6.07) is 4.12. The molecule has 2 heterocycles. The molecule has 0 bridgehead atoms. The van der Waals surface area contributed by atoms with Crippen molar-refractivity contribution in [3.05, 3.63) is 29.6 Å². The van der Waals surface area contributed by atoms with Crippen molar-refractivity contribution in [2.45, 2.75) is 38.7 Å². The molecule has 130 valence electrons. The standard InChI is InChI=1S/C18H23FN2O3/c1-3-20(4-2)17(23)21-9-7-18(8-10-21)12-15(22)14-11-13(19)5-6-16(14)24-18/h5-6,11H,3-4,7-10,12H2,1-2H3. The van der Waals surface area contributed by atoms with Crippen molar-refractivity contribution in [2.75, 3.05) is 26.2 Å². The van der Waals surface area contributed by atoms with E-state index in [1.807, 2.05) is 18.7 Å². The number of likely N-dealkylation sites (tertiary alicyclic amines) is 1. The Kier molecular flexibility index (Phi) is 4.47. The van der Waals surface area contributed by atoms with E-state index >= 15 is 0 Å². The zero-order valence-electron chi connectivity index (χ0n) is 14.2. The summed E-state index contributed by atoms with van der Waals surface area (Å²) in [5.41, 5.74) is -0.246. The minimum absolute atomic E-state index is 0.0412. The van der Waals surface area contributed by atoms with Crippen LogP contribution in [0.25, 0.3) is 0 Å². The Hall–Kier alpha value is -2.11. The first kappa shape index (κ1) is 16.7. The number of ketones is 1. The number of halogens is 1. The van der Waals surface area contributed by atoms with Crippen LogP contribution in [0.4, 0.5) is 9.18 Å². The number of nitrogens with zero attached hydrogens (tertiary/aromatic N) is 2. The fourth-order valence-electron chi connectivity index (χ4n) is 3.54. The molecular weight excluding hydrogens is 311 g/mol. The molecule has 5 nitrogen and oxygen atoms in total. The summed E-state index contributed by atoms with van der Waals surface area (Å²) in [5.74, 6) is -0.0586. The summed E-state index contributed by atoms with van der Waals surface area (Å²) < 4.78 is 19.4. The van der Waals surface area contributed by atoms with Crippen LogP contribution >= 0.6 is 0 Å². The van der Waals surface area contributed by atoms with Crippen molar-refractivity contribution in [3.8, 4) is 5.75 Å². The number of hydrogen-bond acceptors (Lipinski definition) is 3. The molecule has 0 saturated carbocycles. The quantitative estimate of drug-likeness (QED) is 0.835. The molecule has 2 aliphatic rings. The number of ether oxygens (including phenoxy) is 1. The predicted octanol–water partition coefficient (Wildman–Crippen LogP) is 3.09. The van der Waals surface area contributed by atoms with Gasteiger partial charge in [-0.3, -0.25) is 4.79 Å². The first-order chi connectivity index (χ1) is 11.5. The Bertz CT molecular complexity index is 650. The van der Waals surface area contributed by atoms with Gasteiger partial charge in [-0.1, -0.05) is 0 Å². The maximum atomic E-state index is 13.3. The number of amides is 2. The number of Topliss-reactive ketones (excluding diaryl/α,β-unsaturated/α-hetero) is 1. The van der Waals surface area contributed by atoms with Gasteiger partial charge >= 0.3 is 6.03 Å². The third-order valence-electron chi connectivity index (χ3n) is 5.03. The van der Waals surface area contributed by atoms with Gasteiger partial charge in [0.1, 0.15) is 17.2 Å². The van der Waals surface area contributed by atoms with Gasteiger partial charge in [0.2, 0.25) is 0 Å². The second-order valence-electron chi connectivity index (χ2n) is 6.47. The number of piperidine rings is 1. The maximum absolute atomic E-state index is 13.3. The van der Waals surface area contributed by atoms with E-state index in [4.69, 9.17) is 4.74 Å². The topological polar surface area (TPSA) is 49.9 Å². The minimum Gasteiger partial charge on any atom is -0.486 e. The molecule has 0 radical (unpaired) electrons. The number of rotatable bonds is 2. The summed E-state index contributed by atoms with van der Waals surface area (Å²) in [6.07, 6.45) is 1.47. The first-order valence-electron chi connectivity index (χ1n) is 8.53. The van der Waals surface area contributed by atoms with E-state index in [2.05, 4.69) is 0 Å². The Labute approximate surface area is 141 Å². The molecule has 0 aromatic heterocycles. The number of carbonyl (C=O) groups excluding carboxylic acids is 2. The minimum atomic E-state index is -0.568. The molecule has 1 aromatic carbocycles. The molecule has 1 fully saturated rings. The summed E-state index contributed by atoms with van der Waals surface area (Å²) >= 11 is 0. The van der Waals surface area contributed by atoms with E-state index in [1.165, 1.54) is 18.2 Å². The molecular formula is C18H23FN2O3. The Balaban J connectivity index is 1.71. The molecule has 1 saturated heterocycles. The van der Waals surface area contributed by atoms with Crippen molar-refractivity contribution < 1.29 is 18.7 Å². The van der Waals surface area contributed by atoms with Crippen LogP contribution in [-0.4, -0.2) is 53.4 Å². The van der Waals surface area contributed by atoms with Gasteiger partial charge in [0, 0.05) is 39.0 Å². The van der Waals surface area contributed by atoms with E-state index in [0.717, 1.165) is 0 Å². The van der Waals surface area contributed by atoms with Crippen LogP contribution in [0.1, 0.15) is 43.5 Å². The highest BCUT2D eigenvalue weighted by atomic mass is 19.1. The normalized spacial score (nSPS) is 19.0. The fourth-order valence-corrected chi connectivity index (χ4v) is 3.54. The molecule has 1 spiro atoms. The van der Waals surface area contributed by atoms with Crippen molar-refractivity contribution >= 4 is 11.8 Å². The lowest BCUT2D eigenvalue weighted by Crippen LogP contribution is -2.54. The van der Waals surface area contributed by atoms with Gasteiger partial charge in [0.15, 0.2) is 5.78 Å². The van der Waals surface area contributed by atoms with Crippen LogP contribution in [0, 0.1) is 5.82 Å². The Morgan fingerprint density at radius 2 is 1.96 bits per heavy atom. The lowest BCUT2D eigenvalue weighted by molar-refractivity contribution is -0.00360. The fraction of sp³-hybridized carbons (Fsp3) is 0.556. The van der Waals surface area contributed by atoms with Gasteiger partial charge in [-0.25, -0.2) is 9.18 Å². The third-order valence-corrected chi connectivity index (χ3v) is 5.03. The summed E-state index contributed by atoms with van der Waals surface area (Å²) in [4.78, 5) is 28.4. The highest BCUT2D eigenvalue weighted by molar-refractivity contribution is 6.00. The van der Waals surface area contributed by atoms with E-state index in [9.17, 15) is 14.0 Å². The molecule has 0 N–H and O–H groups in total. The number of hydrogen-bond donors (Lipinski definition) is 0. The smallest absolute Gasteiger partial charge is 0.319 e. The van der Waals surface area contributed by atoms with Gasteiger partial charge in [0.25, 0.3) is 0 Å². The first-order valence-corrected chi connectivity index (χ1v) is 8.53. The van der Waals surface area contributed by atoms with Crippen molar-refractivity contribution in [1.29, 1.82) is 0 Å². The average molecular weight is 334 g/mol. The Morgan fingerprint density at radius 1 is 1.29 bits per heavy atom. The summed E-state index contributed by atoms with van der Waals surface area (Å²) in [7, 11) is 0. The maximum Gasteiger partial charge on any atom is 0.319 e. The predicted molar refractivity (Wildman–Crippen MR) is 87.8 cm³/mol. The molecule has 1 aromatic rings. The van der Waals surface area contributed by atoms with Crippen LogP contribution < -0.4 is 4.74 Å². The summed E-state index contributed by atoms with van der Waals surface area (Å²) in [6.45, 7) is 6.44. The van der Waals surface area contributed by atoms with Crippen LogP contribution in [0.15, 0.2) is 18.2 Å². The SMILES string of the molecule is CCN(CC)C(=O)N1CCC2(CC1)CC(=O)c1cc(F)ccc1O2. The van der Waals surface area contributed by atoms with Gasteiger partial charge < -0.3 is 14.5 Å². The molecule has 24 heavy (non-hydrogen) atoms. The highest BCUT2D eigenvalue weighted by Crippen LogP contribution is 2.39. The second-order valence-corrected chi connectivity index (χ2v) is 6.47. The van der Waals surface area contributed by atoms with E-state index < -0.39 is 11.4 Å². The van der Waals surface area contributed by atoms with Gasteiger partial charge in [-0.05, 0) is 32.0 Å². The number of benzene rings is 1. The average Bonchev–Trinajstić information content (AvgIpc) is 2.57. The second kappa shape index (κ2) is 6.42. The van der Waals surface area contributed by atoms with E-state index in [1.54, 1.807) is 4.90 Å². The van der Waals surface area contributed by atoms with Gasteiger partial charge in [0.05, 0.1) is 12.0 Å². The van der Waals surface area contributed by atoms with Crippen LogP contribution in [-0.2, 0) is 0 Å². The van der Waals surface area contributed by atoms with Crippen molar-refractivity contribution in [3.63, 3.8) is 0 Å². The molecule has 0 aliphatic carbocycles. The lowest BCUT2D eigenvalue weighted by atomic mass is 9.82. The van der Waals surface area contributed by atoms with Crippen molar-refractivity contribution in [1.82, 2.24) is 9.80 Å². The van der Waals surface area contributed by atoms with Crippen LogP contribution in [0.5, 0.6) is 5.75 Å². The zero-order valence-corrected chi connectivity index (χ0v) is 14.2. The molecule has 6 heteroatoms. The van der Waals surface area contributed by atoms with Crippen LogP contribution in [0.3, 0.4) is 0 Å². The molecule has 3 rings (SSSR count). The third kappa shape index (κ3) is 2.97. The molecule has 0 unspecified atom stereocenters. The summed E-state index contributed by atoms with van der Waals surface area (Å²) in [5, 5.41) is 0.